The predicted octanol–water partition coefficient (Wildman–Crippen LogP) is 4.21. The molecule has 0 amide bonds. The van der Waals surface area contributed by atoms with E-state index < -0.39 is 22.4 Å². The van der Waals surface area contributed by atoms with Crippen molar-refractivity contribution in [3.05, 3.63) is 65.7 Å². The molecule has 0 spiro atoms. The quantitative estimate of drug-likeness (QED) is 0.460. The van der Waals surface area contributed by atoms with Gasteiger partial charge in [0.25, 0.3) is 0 Å². The van der Waals surface area contributed by atoms with Crippen LogP contribution in [0, 0.1) is 0 Å². The maximum absolute atomic E-state index is 12.5. The first-order valence-corrected chi connectivity index (χ1v) is 10.1. The summed E-state index contributed by atoms with van der Waals surface area (Å²) in [5.74, 6) is -0.430. The minimum absolute atomic E-state index is 0.0396. The molecule has 0 radical (unpaired) electrons. The molecule has 0 aliphatic carbocycles. The van der Waals surface area contributed by atoms with E-state index in [0.29, 0.717) is 18.7 Å². The van der Waals surface area contributed by atoms with Crippen molar-refractivity contribution in [2.24, 2.45) is 0 Å². The van der Waals surface area contributed by atoms with Crippen molar-refractivity contribution in [3.8, 4) is 5.75 Å². The third-order valence-corrected chi connectivity index (χ3v) is 6.10. The van der Waals surface area contributed by atoms with Crippen LogP contribution in [-0.4, -0.2) is 38.2 Å². The molecule has 0 atom stereocenters. The fraction of sp³-hybridized carbons (Fsp3) is 0.250. The Kier molecular flexibility index (Phi) is 7.42. The standard InChI is InChI=1S/C20H21F2NO4S/c1-3-23(4-2)28(25,26)17-12-9-15(10-13-17)18(24)14-11-16-7-5-6-8-19(16)27-20(21)22/h5-14,20H,3-4H2,1-2H3/b14-11+. The molecule has 0 unspecified atom stereocenters. The van der Waals surface area contributed by atoms with E-state index in [0.717, 1.165) is 0 Å². The number of hydrogen-bond acceptors (Lipinski definition) is 4. The molecule has 0 heterocycles. The molecule has 0 aromatic heterocycles. The average Bonchev–Trinajstić information content (AvgIpc) is 2.67. The Labute approximate surface area is 163 Å². The van der Waals surface area contributed by atoms with Crippen molar-refractivity contribution in [1.82, 2.24) is 4.31 Å². The van der Waals surface area contributed by atoms with Crippen LogP contribution in [0.1, 0.15) is 29.8 Å². The van der Waals surface area contributed by atoms with Crippen LogP contribution < -0.4 is 4.74 Å². The molecule has 2 aromatic rings. The number of para-hydroxylation sites is 1. The van der Waals surface area contributed by atoms with Crippen molar-refractivity contribution < 1.29 is 26.7 Å². The van der Waals surface area contributed by atoms with Gasteiger partial charge in [0, 0.05) is 24.2 Å². The fourth-order valence-corrected chi connectivity index (χ4v) is 4.04. The lowest BCUT2D eigenvalue weighted by Gasteiger charge is -2.18. The lowest BCUT2D eigenvalue weighted by atomic mass is 10.1. The third-order valence-electron chi connectivity index (χ3n) is 4.03. The summed E-state index contributed by atoms with van der Waals surface area (Å²) < 4.78 is 55.5. The summed E-state index contributed by atoms with van der Waals surface area (Å²) >= 11 is 0. The number of benzene rings is 2. The molecule has 8 heteroatoms. The van der Waals surface area contributed by atoms with Gasteiger partial charge in [-0.25, -0.2) is 8.42 Å². The van der Waals surface area contributed by atoms with Gasteiger partial charge in [-0.3, -0.25) is 4.79 Å². The number of rotatable bonds is 9. The van der Waals surface area contributed by atoms with Crippen molar-refractivity contribution in [2.75, 3.05) is 13.1 Å². The van der Waals surface area contributed by atoms with E-state index >= 15 is 0 Å². The van der Waals surface area contributed by atoms with Crippen LogP contribution in [-0.2, 0) is 10.0 Å². The number of alkyl halides is 2. The smallest absolute Gasteiger partial charge is 0.387 e. The topological polar surface area (TPSA) is 63.7 Å². The Morgan fingerprint density at radius 1 is 1.07 bits per heavy atom. The van der Waals surface area contributed by atoms with E-state index in [-0.39, 0.29) is 16.2 Å². The SMILES string of the molecule is CCN(CC)S(=O)(=O)c1ccc(C(=O)/C=C/c2ccccc2OC(F)F)cc1. The van der Waals surface area contributed by atoms with Gasteiger partial charge in [-0.05, 0) is 42.5 Å². The molecule has 150 valence electrons. The number of hydrogen-bond donors (Lipinski definition) is 0. The molecule has 28 heavy (non-hydrogen) atoms. The highest BCUT2D eigenvalue weighted by molar-refractivity contribution is 7.89. The highest BCUT2D eigenvalue weighted by Gasteiger charge is 2.21. The number of sulfonamides is 1. The van der Waals surface area contributed by atoms with Gasteiger partial charge in [0.05, 0.1) is 4.90 Å². The van der Waals surface area contributed by atoms with Gasteiger partial charge in [-0.2, -0.15) is 13.1 Å². The minimum Gasteiger partial charge on any atom is -0.434 e. The van der Waals surface area contributed by atoms with Gasteiger partial charge in [0.2, 0.25) is 10.0 Å². The largest absolute Gasteiger partial charge is 0.434 e. The maximum Gasteiger partial charge on any atom is 0.387 e. The highest BCUT2D eigenvalue weighted by Crippen LogP contribution is 2.22. The second-order valence-corrected chi connectivity index (χ2v) is 7.67. The summed E-state index contributed by atoms with van der Waals surface area (Å²) in [6.45, 7) is 1.23. The molecule has 2 aromatic carbocycles. The summed E-state index contributed by atoms with van der Waals surface area (Å²) in [5.41, 5.74) is 0.610. The molecule has 0 fully saturated rings. The summed E-state index contributed by atoms with van der Waals surface area (Å²) in [7, 11) is -3.60. The molecule has 0 aliphatic heterocycles. The first-order valence-electron chi connectivity index (χ1n) is 8.66. The number of carbonyl (C=O) groups excluding carboxylic acids is 1. The van der Waals surface area contributed by atoms with Gasteiger partial charge in [-0.1, -0.05) is 32.0 Å². The van der Waals surface area contributed by atoms with Crippen LogP contribution in [0.25, 0.3) is 6.08 Å². The normalized spacial score (nSPS) is 12.1. The number of ether oxygens (including phenoxy) is 1. The van der Waals surface area contributed by atoms with Gasteiger partial charge in [0.1, 0.15) is 5.75 Å². The second kappa shape index (κ2) is 9.57. The van der Waals surface area contributed by atoms with E-state index in [1.165, 1.54) is 46.8 Å². The molecular weight excluding hydrogens is 388 g/mol. The molecule has 0 saturated carbocycles. The van der Waals surface area contributed by atoms with E-state index in [9.17, 15) is 22.0 Å². The zero-order valence-electron chi connectivity index (χ0n) is 15.5. The molecule has 5 nitrogen and oxygen atoms in total. The zero-order valence-corrected chi connectivity index (χ0v) is 16.3. The van der Waals surface area contributed by atoms with Gasteiger partial charge in [0.15, 0.2) is 5.78 Å². The number of allylic oxidation sites excluding steroid dienone is 1. The Balaban J connectivity index is 2.19. The molecule has 0 N–H and O–H groups in total. The maximum atomic E-state index is 12.5. The van der Waals surface area contributed by atoms with Crippen LogP contribution in [0.3, 0.4) is 0 Å². The average molecular weight is 409 g/mol. The van der Waals surface area contributed by atoms with E-state index in [1.54, 1.807) is 32.0 Å². The second-order valence-electron chi connectivity index (χ2n) is 5.73. The van der Waals surface area contributed by atoms with Crippen molar-refractivity contribution in [3.63, 3.8) is 0 Å². The van der Waals surface area contributed by atoms with Crippen LogP contribution in [0.5, 0.6) is 5.75 Å². The fourth-order valence-electron chi connectivity index (χ4n) is 2.59. The van der Waals surface area contributed by atoms with Crippen LogP contribution in [0.4, 0.5) is 8.78 Å². The van der Waals surface area contributed by atoms with Crippen LogP contribution >= 0.6 is 0 Å². The lowest BCUT2D eigenvalue weighted by molar-refractivity contribution is -0.0499. The molecule has 0 saturated heterocycles. The van der Waals surface area contributed by atoms with Crippen molar-refractivity contribution in [2.45, 2.75) is 25.4 Å². The number of nitrogens with zero attached hydrogens (tertiary/aromatic N) is 1. The van der Waals surface area contributed by atoms with Crippen LogP contribution in [0.2, 0.25) is 0 Å². The summed E-state index contributed by atoms with van der Waals surface area (Å²) in [6, 6.07) is 11.7. The van der Waals surface area contributed by atoms with E-state index in [1.807, 2.05) is 0 Å². The first-order chi connectivity index (χ1) is 13.3. The third kappa shape index (κ3) is 5.24. The monoisotopic (exact) mass is 409 g/mol. The Bertz CT molecular complexity index is 937. The summed E-state index contributed by atoms with van der Waals surface area (Å²) in [4.78, 5) is 12.4. The zero-order chi connectivity index (χ0) is 20.7. The molecular formula is C20H21F2NO4S. The first kappa shape index (κ1) is 21.7. The lowest BCUT2D eigenvalue weighted by Crippen LogP contribution is -2.30. The molecule has 0 aliphatic rings. The molecule has 2 rings (SSSR count). The Morgan fingerprint density at radius 3 is 2.25 bits per heavy atom. The van der Waals surface area contributed by atoms with Crippen molar-refractivity contribution >= 4 is 21.9 Å². The molecule has 0 bridgehead atoms. The summed E-state index contributed by atoms with van der Waals surface area (Å²) in [5, 5.41) is 0. The number of carbonyl (C=O) groups is 1. The number of halogens is 2. The number of ketones is 1. The van der Waals surface area contributed by atoms with Crippen molar-refractivity contribution in [1.29, 1.82) is 0 Å². The van der Waals surface area contributed by atoms with Crippen LogP contribution in [0.15, 0.2) is 59.5 Å². The van der Waals surface area contributed by atoms with Gasteiger partial charge < -0.3 is 4.74 Å². The highest BCUT2D eigenvalue weighted by atomic mass is 32.2. The van der Waals surface area contributed by atoms with E-state index in [4.69, 9.17) is 0 Å². The van der Waals surface area contributed by atoms with E-state index in [2.05, 4.69) is 4.74 Å². The Morgan fingerprint density at radius 2 is 1.68 bits per heavy atom. The minimum atomic E-state index is -3.60. The van der Waals surface area contributed by atoms with Gasteiger partial charge >= 0.3 is 6.61 Å². The van der Waals surface area contributed by atoms with Gasteiger partial charge in [-0.15, -0.1) is 0 Å². The Hall–Kier alpha value is -2.58. The predicted molar refractivity (Wildman–Crippen MR) is 103 cm³/mol. The summed E-state index contributed by atoms with van der Waals surface area (Å²) in [6.07, 6.45) is 2.60.